The number of primary amides is 1. The molecule has 0 radical (unpaired) electrons. The fourth-order valence-corrected chi connectivity index (χ4v) is 4.36. The Morgan fingerprint density at radius 1 is 1.28 bits per heavy atom. The van der Waals surface area contributed by atoms with Gasteiger partial charge in [0.1, 0.15) is 0 Å². The third kappa shape index (κ3) is 6.24. The summed E-state index contributed by atoms with van der Waals surface area (Å²) < 4.78 is 0. The van der Waals surface area contributed by atoms with Crippen LogP contribution in [0, 0.1) is 5.92 Å². The van der Waals surface area contributed by atoms with Crippen LogP contribution in [-0.4, -0.2) is 81.1 Å². The molecular formula is C21H33ClN6O. The molecule has 0 spiro atoms. The van der Waals surface area contributed by atoms with Crippen molar-refractivity contribution in [2.75, 3.05) is 64.3 Å². The van der Waals surface area contributed by atoms with Crippen LogP contribution in [0.1, 0.15) is 19.3 Å². The number of likely N-dealkylation sites (tertiary alicyclic amines) is 1. The summed E-state index contributed by atoms with van der Waals surface area (Å²) in [4.78, 5) is 22.9. The van der Waals surface area contributed by atoms with Gasteiger partial charge in [-0.25, -0.2) is 0 Å². The van der Waals surface area contributed by atoms with Crippen molar-refractivity contribution in [3.8, 4) is 0 Å². The Bertz CT molecular complexity index is 704. The molecule has 1 amide bonds. The van der Waals surface area contributed by atoms with E-state index in [9.17, 15) is 4.79 Å². The van der Waals surface area contributed by atoms with Crippen LogP contribution in [0.4, 0.5) is 5.69 Å². The van der Waals surface area contributed by atoms with E-state index in [1.54, 1.807) is 0 Å². The second-order valence-electron chi connectivity index (χ2n) is 7.82. The van der Waals surface area contributed by atoms with Crippen LogP contribution < -0.4 is 16.0 Å². The van der Waals surface area contributed by atoms with E-state index in [-0.39, 0.29) is 11.8 Å². The average Bonchev–Trinajstić information content (AvgIpc) is 2.74. The van der Waals surface area contributed by atoms with Crippen LogP contribution >= 0.6 is 11.6 Å². The number of piperazine rings is 1. The zero-order valence-electron chi connectivity index (χ0n) is 17.3. The van der Waals surface area contributed by atoms with Crippen LogP contribution in [0.15, 0.2) is 29.3 Å². The summed E-state index contributed by atoms with van der Waals surface area (Å²) in [7, 11) is 1.84. The number of carbonyl (C=O) groups excluding carboxylic acids is 1. The third-order valence-corrected chi connectivity index (χ3v) is 6.04. The van der Waals surface area contributed by atoms with Crippen molar-refractivity contribution in [1.82, 2.24) is 15.1 Å². The lowest BCUT2D eigenvalue weighted by atomic mass is 9.97. The van der Waals surface area contributed by atoms with Gasteiger partial charge in [0.15, 0.2) is 5.96 Å². The lowest BCUT2D eigenvalue weighted by Gasteiger charge is -2.37. The van der Waals surface area contributed by atoms with Gasteiger partial charge in [-0.3, -0.25) is 9.79 Å². The molecule has 7 nitrogen and oxygen atoms in total. The van der Waals surface area contributed by atoms with Gasteiger partial charge >= 0.3 is 0 Å². The molecule has 3 rings (SSSR count). The number of piperidine rings is 1. The molecule has 0 aliphatic carbocycles. The van der Waals surface area contributed by atoms with Crippen molar-refractivity contribution in [2.45, 2.75) is 19.3 Å². The molecule has 1 aromatic rings. The minimum Gasteiger partial charge on any atom is -0.369 e. The molecule has 2 fully saturated rings. The standard InChI is InChI=1S/C21H33ClN6O/c1-24-21(25-8-4-10-26-9-3-5-17(16-26)20(23)29)28-13-11-27(12-14-28)19-7-2-6-18(22)15-19/h2,6-7,15,17H,3-5,8-14,16H2,1H3,(H2,23,29)(H,24,25). The van der Waals surface area contributed by atoms with E-state index < -0.39 is 0 Å². The quantitative estimate of drug-likeness (QED) is 0.415. The van der Waals surface area contributed by atoms with Crippen LogP contribution in [0.3, 0.4) is 0 Å². The number of hydrogen-bond donors (Lipinski definition) is 2. The first kappa shape index (κ1) is 21.7. The maximum absolute atomic E-state index is 11.4. The smallest absolute Gasteiger partial charge is 0.221 e. The molecule has 160 valence electrons. The van der Waals surface area contributed by atoms with E-state index in [4.69, 9.17) is 17.3 Å². The minimum atomic E-state index is -0.162. The number of amides is 1. The molecule has 1 unspecified atom stereocenters. The fraction of sp³-hybridized carbons (Fsp3) is 0.619. The highest BCUT2D eigenvalue weighted by atomic mass is 35.5. The molecule has 1 aromatic carbocycles. The number of nitrogens with zero attached hydrogens (tertiary/aromatic N) is 4. The first-order valence-electron chi connectivity index (χ1n) is 10.5. The molecule has 0 bridgehead atoms. The summed E-state index contributed by atoms with van der Waals surface area (Å²) in [5.74, 6) is 0.815. The molecule has 2 heterocycles. The van der Waals surface area contributed by atoms with E-state index in [1.165, 1.54) is 5.69 Å². The van der Waals surface area contributed by atoms with E-state index in [2.05, 4.69) is 31.1 Å². The molecular weight excluding hydrogens is 388 g/mol. The molecule has 8 heteroatoms. The second kappa shape index (κ2) is 10.7. The lowest BCUT2D eigenvalue weighted by Crippen LogP contribution is -2.52. The van der Waals surface area contributed by atoms with Gasteiger partial charge in [-0.2, -0.15) is 0 Å². The average molecular weight is 421 g/mol. The number of carbonyl (C=O) groups is 1. The summed E-state index contributed by atoms with van der Waals surface area (Å²) >= 11 is 6.12. The number of hydrogen-bond acceptors (Lipinski definition) is 4. The summed E-state index contributed by atoms with van der Waals surface area (Å²) in [6.45, 7) is 7.47. The van der Waals surface area contributed by atoms with Crippen LogP contribution in [0.2, 0.25) is 5.02 Å². The number of nitrogens with two attached hydrogens (primary N) is 1. The van der Waals surface area contributed by atoms with E-state index in [0.29, 0.717) is 0 Å². The van der Waals surface area contributed by atoms with Crippen molar-refractivity contribution < 1.29 is 4.79 Å². The van der Waals surface area contributed by atoms with E-state index >= 15 is 0 Å². The predicted octanol–water partition coefficient (Wildman–Crippen LogP) is 1.62. The van der Waals surface area contributed by atoms with Gasteiger partial charge < -0.3 is 25.8 Å². The minimum absolute atomic E-state index is 0.0141. The van der Waals surface area contributed by atoms with Crippen molar-refractivity contribution in [3.05, 3.63) is 29.3 Å². The van der Waals surface area contributed by atoms with Gasteiger partial charge in [0.25, 0.3) is 0 Å². The van der Waals surface area contributed by atoms with E-state index in [1.807, 2.05) is 25.2 Å². The number of aliphatic imine (C=N–C) groups is 1. The lowest BCUT2D eigenvalue weighted by molar-refractivity contribution is -0.123. The van der Waals surface area contributed by atoms with Gasteiger partial charge in [-0.15, -0.1) is 0 Å². The molecule has 2 aliphatic heterocycles. The van der Waals surface area contributed by atoms with Gasteiger partial charge in [-0.05, 0) is 50.6 Å². The number of anilines is 1. The highest BCUT2D eigenvalue weighted by Crippen LogP contribution is 2.21. The second-order valence-corrected chi connectivity index (χ2v) is 8.26. The topological polar surface area (TPSA) is 77.2 Å². The number of halogens is 1. The van der Waals surface area contributed by atoms with Gasteiger partial charge in [-0.1, -0.05) is 17.7 Å². The molecule has 29 heavy (non-hydrogen) atoms. The van der Waals surface area contributed by atoms with Gasteiger partial charge in [0, 0.05) is 57.0 Å². The van der Waals surface area contributed by atoms with Gasteiger partial charge in [0.05, 0.1) is 5.92 Å². The number of benzene rings is 1. The van der Waals surface area contributed by atoms with Crippen LogP contribution in [-0.2, 0) is 4.79 Å². The molecule has 3 N–H and O–H groups in total. The maximum Gasteiger partial charge on any atom is 0.221 e. The summed E-state index contributed by atoms with van der Waals surface area (Å²) in [5.41, 5.74) is 6.65. The fourth-order valence-electron chi connectivity index (χ4n) is 4.18. The Morgan fingerprint density at radius 3 is 2.76 bits per heavy atom. The third-order valence-electron chi connectivity index (χ3n) is 5.81. The SMILES string of the molecule is CN=C(NCCCN1CCCC(C(N)=O)C1)N1CCN(c2cccc(Cl)c2)CC1. The Balaban J connectivity index is 1.38. The Morgan fingerprint density at radius 2 is 2.07 bits per heavy atom. The number of guanidine groups is 1. The molecule has 0 aromatic heterocycles. The monoisotopic (exact) mass is 420 g/mol. The number of rotatable bonds is 6. The molecule has 1 atom stereocenters. The molecule has 0 saturated carbocycles. The summed E-state index contributed by atoms with van der Waals surface area (Å²) in [5, 5.41) is 4.27. The summed E-state index contributed by atoms with van der Waals surface area (Å²) in [6.07, 6.45) is 3.00. The largest absolute Gasteiger partial charge is 0.369 e. The van der Waals surface area contributed by atoms with E-state index in [0.717, 1.165) is 82.6 Å². The Hall–Kier alpha value is -1.99. The Labute approximate surface area is 178 Å². The van der Waals surface area contributed by atoms with Gasteiger partial charge in [0.2, 0.25) is 5.91 Å². The van der Waals surface area contributed by atoms with Crippen molar-refractivity contribution >= 4 is 29.2 Å². The highest BCUT2D eigenvalue weighted by Gasteiger charge is 2.23. The first-order chi connectivity index (χ1) is 14.1. The highest BCUT2D eigenvalue weighted by molar-refractivity contribution is 6.30. The van der Waals surface area contributed by atoms with Crippen molar-refractivity contribution in [1.29, 1.82) is 0 Å². The summed E-state index contributed by atoms with van der Waals surface area (Å²) in [6, 6.07) is 8.04. The zero-order valence-corrected chi connectivity index (χ0v) is 18.1. The molecule has 2 saturated heterocycles. The predicted molar refractivity (Wildman–Crippen MR) is 120 cm³/mol. The van der Waals surface area contributed by atoms with Crippen molar-refractivity contribution in [3.63, 3.8) is 0 Å². The maximum atomic E-state index is 11.4. The normalized spacial score (nSPS) is 21.3. The van der Waals surface area contributed by atoms with Crippen molar-refractivity contribution in [2.24, 2.45) is 16.6 Å². The first-order valence-corrected chi connectivity index (χ1v) is 10.9. The van der Waals surface area contributed by atoms with Crippen LogP contribution in [0.25, 0.3) is 0 Å². The van der Waals surface area contributed by atoms with Crippen LogP contribution in [0.5, 0.6) is 0 Å². The molecule has 2 aliphatic rings. The zero-order chi connectivity index (χ0) is 20.6. The number of nitrogens with one attached hydrogen (secondary N) is 1. The Kier molecular flexibility index (Phi) is 8.00.